The van der Waals surface area contributed by atoms with Gasteiger partial charge in [-0.3, -0.25) is 9.59 Å². The summed E-state index contributed by atoms with van der Waals surface area (Å²) < 4.78 is 10.4. The maximum atomic E-state index is 12.8. The molecular weight excluding hydrogens is 330 g/mol. The molecule has 0 unspecified atom stereocenters. The molecule has 0 radical (unpaired) electrons. The Hall–Kier alpha value is -2.82. The highest BCUT2D eigenvalue weighted by atomic mass is 16.5. The Bertz CT molecular complexity index is 738. The number of hydrogen-bond donors (Lipinski definition) is 0. The van der Waals surface area contributed by atoms with E-state index >= 15 is 0 Å². The first-order valence-corrected chi connectivity index (χ1v) is 8.82. The standard InChI is InChI=1S/C21H23NO4/c1-25-20(23)13-14-22(18-9-10-18)21(24)17-7-11-19(12-8-17)26-15-16-5-3-2-4-6-16/h2-8,11-12,18H,9-10,13-15H2,1H3. The molecule has 0 N–H and O–H groups in total. The number of hydrogen-bond acceptors (Lipinski definition) is 4. The quantitative estimate of drug-likeness (QED) is 0.682. The Morgan fingerprint density at radius 1 is 1.04 bits per heavy atom. The molecule has 0 spiro atoms. The van der Waals surface area contributed by atoms with Gasteiger partial charge in [0.15, 0.2) is 0 Å². The smallest absolute Gasteiger partial charge is 0.307 e. The molecule has 1 saturated carbocycles. The van der Waals surface area contributed by atoms with E-state index in [0.717, 1.165) is 24.2 Å². The number of rotatable bonds is 8. The first-order chi connectivity index (χ1) is 12.7. The molecule has 5 nitrogen and oxygen atoms in total. The summed E-state index contributed by atoms with van der Waals surface area (Å²) in [5.74, 6) is 0.372. The Morgan fingerprint density at radius 2 is 1.73 bits per heavy atom. The summed E-state index contributed by atoms with van der Waals surface area (Å²) >= 11 is 0. The fourth-order valence-corrected chi connectivity index (χ4v) is 2.75. The summed E-state index contributed by atoms with van der Waals surface area (Å²) in [6.45, 7) is 0.879. The molecule has 0 bridgehead atoms. The van der Waals surface area contributed by atoms with Crippen LogP contribution in [-0.2, 0) is 16.1 Å². The van der Waals surface area contributed by atoms with Crippen molar-refractivity contribution in [1.82, 2.24) is 4.90 Å². The van der Waals surface area contributed by atoms with E-state index in [1.54, 1.807) is 17.0 Å². The number of ether oxygens (including phenoxy) is 2. The van der Waals surface area contributed by atoms with Crippen LogP contribution >= 0.6 is 0 Å². The minimum absolute atomic E-state index is 0.0500. The molecule has 2 aromatic carbocycles. The Balaban J connectivity index is 1.59. The lowest BCUT2D eigenvalue weighted by Crippen LogP contribution is -2.35. The first-order valence-electron chi connectivity index (χ1n) is 8.82. The number of nitrogens with zero attached hydrogens (tertiary/aromatic N) is 1. The van der Waals surface area contributed by atoms with Gasteiger partial charge in [0.1, 0.15) is 12.4 Å². The lowest BCUT2D eigenvalue weighted by molar-refractivity contribution is -0.140. The van der Waals surface area contributed by atoms with E-state index in [1.165, 1.54) is 7.11 Å². The molecule has 136 valence electrons. The van der Waals surface area contributed by atoms with E-state index in [1.807, 2.05) is 42.5 Å². The fourth-order valence-electron chi connectivity index (χ4n) is 2.75. The fraction of sp³-hybridized carbons (Fsp3) is 0.333. The number of benzene rings is 2. The summed E-state index contributed by atoms with van der Waals surface area (Å²) in [5.41, 5.74) is 1.70. The summed E-state index contributed by atoms with van der Waals surface area (Å²) in [4.78, 5) is 25.9. The average molecular weight is 353 g/mol. The van der Waals surface area contributed by atoms with Gasteiger partial charge in [-0.1, -0.05) is 30.3 Å². The number of carbonyl (C=O) groups is 2. The Kier molecular flexibility index (Phi) is 5.89. The van der Waals surface area contributed by atoms with Crippen LogP contribution in [0.4, 0.5) is 0 Å². The van der Waals surface area contributed by atoms with Gasteiger partial charge in [0.05, 0.1) is 13.5 Å². The van der Waals surface area contributed by atoms with Gasteiger partial charge in [0.25, 0.3) is 5.91 Å². The van der Waals surface area contributed by atoms with E-state index in [-0.39, 0.29) is 24.3 Å². The molecule has 1 amide bonds. The van der Waals surface area contributed by atoms with Crippen molar-refractivity contribution in [3.63, 3.8) is 0 Å². The van der Waals surface area contributed by atoms with Crippen LogP contribution in [0.1, 0.15) is 35.2 Å². The normalized spacial score (nSPS) is 13.1. The third-order valence-corrected chi connectivity index (χ3v) is 4.38. The topological polar surface area (TPSA) is 55.8 Å². The van der Waals surface area contributed by atoms with Gasteiger partial charge >= 0.3 is 5.97 Å². The molecule has 1 aliphatic carbocycles. The molecule has 1 fully saturated rings. The van der Waals surface area contributed by atoms with Crippen LogP contribution in [0, 0.1) is 0 Å². The second-order valence-corrected chi connectivity index (χ2v) is 6.35. The second kappa shape index (κ2) is 8.52. The van der Waals surface area contributed by atoms with Gasteiger partial charge in [0, 0.05) is 18.2 Å². The third-order valence-electron chi connectivity index (χ3n) is 4.38. The van der Waals surface area contributed by atoms with Crippen LogP contribution in [0.15, 0.2) is 54.6 Å². The van der Waals surface area contributed by atoms with Gasteiger partial charge in [-0.25, -0.2) is 0 Å². The van der Waals surface area contributed by atoms with Crippen molar-refractivity contribution in [3.05, 3.63) is 65.7 Å². The number of amides is 1. The molecule has 0 saturated heterocycles. The van der Waals surface area contributed by atoms with Crippen LogP contribution in [0.25, 0.3) is 0 Å². The van der Waals surface area contributed by atoms with Crippen molar-refractivity contribution in [2.45, 2.75) is 31.9 Å². The van der Waals surface area contributed by atoms with Crippen molar-refractivity contribution >= 4 is 11.9 Å². The summed E-state index contributed by atoms with van der Waals surface area (Å²) in [5, 5.41) is 0. The molecule has 3 rings (SSSR count). The zero-order valence-corrected chi connectivity index (χ0v) is 14.9. The zero-order valence-electron chi connectivity index (χ0n) is 14.9. The largest absolute Gasteiger partial charge is 0.489 e. The molecular formula is C21H23NO4. The molecule has 26 heavy (non-hydrogen) atoms. The third kappa shape index (κ3) is 4.85. The number of methoxy groups -OCH3 is 1. The van der Waals surface area contributed by atoms with Crippen LogP contribution in [0.3, 0.4) is 0 Å². The van der Waals surface area contributed by atoms with E-state index in [2.05, 4.69) is 4.74 Å². The van der Waals surface area contributed by atoms with Gasteiger partial charge in [-0.05, 0) is 42.7 Å². The Morgan fingerprint density at radius 3 is 2.35 bits per heavy atom. The van der Waals surface area contributed by atoms with Gasteiger partial charge in [0.2, 0.25) is 0 Å². The van der Waals surface area contributed by atoms with Crippen LogP contribution in [0.2, 0.25) is 0 Å². The van der Waals surface area contributed by atoms with Crippen molar-refractivity contribution in [3.8, 4) is 5.75 Å². The number of carbonyl (C=O) groups excluding carboxylic acids is 2. The maximum absolute atomic E-state index is 12.8. The maximum Gasteiger partial charge on any atom is 0.307 e. The molecule has 5 heteroatoms. The molecule has 1 aliphatic rings. The highest BCUT2D eigenvalue weighted by Crippen LogP contribution is 2.29. The zero-order chi connectivity index (χ0) is 18.4. The van der Waals surface area contributed by atoms with Crippen molar-refractivity contribution in [2.75, 3.05) is 13.7 Å². The van der Waals surface area contributed by atoms with Gasteiger partial charge in [-0.2, -0.15) is 0 Å². The molecule has 0 aromatic heterocycles. The minimum atomic E-state index is -0.298. The first kappa shape index (κ1) is 18.0. The summed E-state index contributed by atoms with van der Waals surface area (Å²) in [7, 11) is 1.36. The average Bonchev–Trinajstić information content (AvgIpc) is 3.52. The monoisotopic (exact) mass is 353 g/mol. The van der Waals surface area contributed by atoms with E-state index in [9.17, 15) is 9.59 Å². The molecule has 0 atom stereocenters. The summed E-state index contributed by atoms with van der Waals surface area (Å²) in [6.07, 6.45) is 2.20. The molecule has 2 aromatic rings. The predicted octanol–water partition coefficient (Wildman–Crippen LogP) is 3.43. The van der Waals surface area contributed by atoms with Crippen LogP contribution in [0.5, 0.6) is 5.75 Å². The van der Waals surface area contributed by atoms with E-state index in [0.29, 0.717) is 18.7 Å². The van der Waals surface area contributed by atoms with Crippen molar-refractivity contribution in [1.29, 1.82) is 0 Å². The van der Waals surface area contributed by atoms with E-state index < -0.39 is 0 Å². The minimum Gasteiger partial charge on any atom is -0.489 e. The van der Waals surface area contributed by atoms with Gasteiger partial charge < -0.3 is 14.4 Å². The van der Waals surface area contributed by atoms with Crippen LogP contribution < -0.4 is 4.74 Å². The molecule has 0 heterocycles. The van der Waals surface area contributed by atoms with Crippen LogP contribution in [-0.4, -0.2) is 36.5 Å². The highest BCUT2D eigenvalue weighted by molar-refractivity contribution is 5.95. The second-order valence-electron chi connectivity index (χ2n) is 6.35. The van der Waals surface area contributed by atoms with Crippen molar-refractivity contribution in [2.24, 2.45) is 0 Å². The predicted molar refractivity (Wildman–Crippen MR) is 97.9 cm³/mol. The molecule has 0 aliphatic heterocycles. The Labute approximate surface area is 153 Å². The highest BCUT2D eigenvalue weighted by Gasteiger charge is 2.33. The summed E-state index contributed by atoms with van der Waals surface area (Å²) in [6, 6.07) is 17.3. The lowest BCUT2D eigenvalue weighted by atomic mass is 10.1. The number of esters is 1. The lowest BCUT2D eigenvalue weighted by Gasteiger charge is -2.22. The SMILES string of the molecule is COC(=O)CCN(C(=O)c1ccc(OCc2ccccc2)cc1)C1CC1. The van der Waals surface area contributed by atoms with E-state index in [4.69, 9.17) is 4.74 Å². The van der Waals surface area contributed by atoms with Gasteiger partial charge in [-0.15, -0.1) is 0 Å². The van der Waals surface area contributed by atoms with Crippen molar-refractivity contribution < 1.29 is 19.1 Å².